The molecular formula is C6H7IN2O. The molecule has 3 nitrogen and oxygen atoms in total. The molecule has 0 fully saturated rings. The molecule has 0 aliphatic heterocycles. The number of rotatable bonds is 1. The molecule has 4 heteroatoms. The highest BCUT2D eigenvalue weighted by molar-refractivity contribution is 14.1. The molecule has 0 amide bonds. The minimum atomic E-state index is 0.439. The van der Waals surface area contributed by atoms with E-state index in [9.17, 15) is 0 Å². The fourth-order valence-electron chi connectivity index (χ4n) is 0.642. The van der Waals surface area contributed by atoms with E-state index in [-0.39, 0.29) is 0 Å². The van der Waals surface area contributed by atoms with E-state index < -0.39 is 0 Å². The number of aromatic nitrogens is 1. The molecule has 0 unspecified atom stereocenters. The third-order valence-corrected chi connectivity index (χ3v) is 1.94. The van der Waals surface area contributed by atoms with Crippen LogP contribution in [0.3, 0.4) is 0 Å². The monoisotopic (exact) mass is 250 g/mol. The summed E-state index contributed by atoms with van der Waals surface area (Å²) >= 11 is 2.14. The van der Waals surface area contributed by atoms with Crippen molar-refractivity contribution in [3.05, 3.63) is 15.8 Å². The first-order chi connectivity index (χ1) is 4.75. The number of pyridine rings is 1. The Morgan fingerprint density at radius 3 is 2.80 bits per heavy atom. The molecule has 1 aromatic rings. The maximum Gasteiger partial charge on any atom is 0.174 e. The van der Waals surface area contributed by atoms with Gasteiger partial charge in [0.15, 0.2) is 11.6 Å². The molecule has 0 aliphatic rings. The fraction of sp³-hybridized carbons (Fsp3) is 0.167. The molecule has 0 radical (unpaired) electrons. The van der Waals surface area contributed by atoms with Crippen molar-refractivity contribution in [3.63, 3.8) is 0 Å². The van der Waals surface area contributed by atoms with Crippen LogP contribution in [0.2, 0.25) is 0 Å². The SMILES string of the molecule is COc1c(I)ccnc1N. The normalized spacial score (nSPS) is 9.40. The first kappa shape index (κ1) is 7.59. The number of methoxy groups -OCH3 is 1. The molecule has 1 rings (SSSR count). The number of hydrogen-bond donors (Lipinski definition) is 1. The van der Waals surface area contributed by atoms with Gasteiger partial charge in [-0.25, -0.2) is 4.98 Å². The second kappa shape index (κ2) is 3.05. The standard InChI is InChI=1S/C6H7IN2O/c1-10-5-4(7)2-3-9-6(5)8/h2-3H,1H3,(H2,8,9). The molecule has 0 spiro atoms. The Kier molecular flexibility index (Phi) is 2.31. The van der Waals surface area contributed by atoms with Crippen molar-refractivity contribution in [2.45, 2.75) is 0 Å². The van der Waals surface area contributed by atoms with Gasteiger partial charge in [-0.15, -0.1) is 0 Å². The Hall–Kier alpha value is -0.520. The molecule has 54 valence electrons. The van der Waals surface area contributed by atoms with Crippen molar-refractivity contribution in [1.82, 2.24) is 4.98 Å². The number of nitrogens with two attached hydrogens (primary N) is 1. The smallest absolute Gasteiger partial charge is 0.174 e. The van der Waals surface area contributed by atoms with Crippen LogP contribution in [-0.2, 0) is 0 Å². The van der Waals surface area contributed by atoms with Crippen molar-refractivity contribution in [2.24, 2.45) is 0 Å². The van der Waals surface area contributed by atoms with Crippen LogP contribution in [-0.4, -0.2) is 12.1 Å². The summed E-state index contributed by atoms with van der Waals surface area (Å²) < 4.78 is 5.96. The summed E-state index contributed by atoms with van der Waals surface area (Å²) in [6, 6.07) is 1.84. The lowest BCUT2D eigenvalue weighted by atomic mass is 10.4. The van der Waals surface area contributed by atoms with Crippen molar-refractivity contribution in [1.29, 1.82) is 0 Å². The molecule has 1 heterocycles. The predicted molar refractivity (Wildman–Crippen MR) is 47.9 cm³/mol. The molecule has 0 bridgehead atoms. The molecule has 0 saturated carbocycles. The number of hydrogen-bond acceptors (Lipinski definition) is 3. The lowest BCUT2D eigenvalue weighted by Crippen LogP contribution is -1.96. The number of ether oxygens (including phenoxy) is 1. The fourth-order valence-corrected chi connectivity index (χ4v) is 1.30. The lowest BCUT2D eigenvalue weighted by molar-refractivity contribution is 0.412. The lowest BCUT2D eigenvalue weighted by Gasteiger charge is -2.03. The second-order valence-electron chi connectivity index (χ2n) is 1.71. The summed E-state index contributed by atoms with van der Waals surface area (Å²) in [5.74, 6) is 1.09. The third kappa shape index (κ3) is 1.31. The molecule has 1 aromatic heterocycles. The van der Waals surface area contributed by atoms with Gasteiger partial charge in [-0.05, 0) is 28.7 Å². The minimum absolute atomic E-state index is 0.439. The van der Waals surface area contributed by atoms with Crippen LogP contribution in [0.1, 0.15) is 0 Å². The first-order valence-electron chi connectivity index (χ1n) is 2.69. The Morgan fingerprint density at radius 2 is 2.40 bits per heavy atom. The average Bonchev–Trinajstić information content (AvgIpc) is 1.88. The highest BCUT2D eigenvalue weighted by Gasteiger charge is 2.02. The van der Waals surface area contributed by atoms with Crippen LogP contribution in [0.4, 0.5) is 5.82 Å². The van der Waals surface area contributed by atoms with Gasteiger partial charge in [0, 0.05) is 6.20 Å². The van der Waals surface area contributed by atoms with E-state index in [1.807, 2.05) is 6.07 Å². The van der Waals surface area contributed by atoms with Gasteiger partial charge in [-0.1, -0.05) is 0 Å². The van der Waals surface area contributed by atoms with Gasteiger partial charge in [0.05, 0.1) is 10.7 Å². The Morgan fingerprint density at radius 1 is 1.70 bits per heavy atom. The summed E-state index contributed by atoms with van der Waals surface area (Å²) in [6.07, 6.45) is 1.65. The number of halogens is 1. The topological polar surface area (TPSA) is 48.1 Å². The Balaban J connectivity index is 3.17. The predicted octanol–water partition coefficient (Wildman–Crippen LogP) is 1.28. The second-order valence-corrected chi connectivity index (χ2v) is 2.87. The number of nitrogens with zero attached hydrogens (tertiary/aromatic N) is 1. The maximum absolute atomic E-state index is 5.49. The molecule has 0 aromatic carbocycles. The zero-order chi connectivity index (χ0) is 7.56. The van der Waals surface area contributed by atoms with E-state index in [1.165, 1.54) is 0 Å². The van der Waals surface area contributed by atoms with E-state index in [2.05, 4.69) is 27.6 Å². The van der Waals surface area contributed by atoms with E-state index in [0.717, 1.165) is 3.57 Å². The van der Waals surface area contributed by atoms with E-state index in [1.54, 1.807) is 13.3 Å². The summed E-state index contributed by atoms with van der Waals surface area (Å²) in [6.45, 7) is 0. The largest absolute Gasteiger partial charge is 0.492 e. The molecule has 10 heavy (non-hydrogen) atoms. The zero-order valence-corrected chi connectivity index (χ0v) is 7.62. The van der Waals surface area contributed by atoms with Crippen LogP contribution >= 0.6 is 22.6 Å². The van der Waals surface area contributed by atoms with Gasteiger partial charge in [0.25, 0.3) is 0 Å². The molecule has 0 atom stereocenters. The molecule has 2 N–H and O–H groups in total. The van der Waals surface area contributed by atoms with Crippen LogP contribution in [0.15, 0.2) is 12.3 Å². The molecule has 0 aliphatic carbocycles. The highest BCUT2D eigenvalue weighted by atomic mass is 127. The minimum Gasteiger partial charge on any atom is -0.492 e. The van der Waals surface area contributed by atoms with Gasteiger partial charge in [-0.2, -0.15) is 0 Å². The third-order valence-electron chi connectivity index (χ3n) is 1.09. The van der Waals surface area contributed by atoms with Crippen LogP contribution in [0.5, 0.6) is 5.75 Å². The van der Waals surface area contributed by atoms with Gasteiger partial charge in [-0.3, -0.25) is 0 Å². The molecular weight excluding hydrogens is 243 g/mol. The van der Waals surface area contributed by atoms with E-state index in [4.69, 9.17) is 10.5 Å². The van der Waals surface area contributed by atoms with Crippen LogP contribution in [0, 0.1) is 3.57 Å². The maximum atomic E-state index is 5.49. The van der Waals surface area contributed by atoms with Crippen molar-refractivity contribution >= 4 is 28.4 Å². The zero-order valence-electron chi connectivity index (χ0n) is 5.47. The van der Waals surface area contributed by atoms with Crippen molar-refractivity contribution in [2.75, 3.05) is 12.8 Å². The van der Waals surface area contributed by atoms with Gasteiger partial charge >= 0.3 is 0 Å². The summed E-state index contributed by atoms with van der Waals surface area (Å²) in [5.41, 5.74) is 5.49. The van der Waals surface area contributed by atoms with Gasteiger partial charge in [0.1, 0.15) is 0 Å². The van der Waals surface area contributed by atoms with E-state index in [0.29, 0.717) is 11.6 Å². The molecule has 0 saturated heterocycles. The van der Waals surface area contributed by atoms with Gasteiger partial charge in [0.2, 0.25) is 0 Å². The Bertz CT molecular complexity index is 219. The summed E-state index contributed by atoms with van der Waals surface area (Å²) in [5, 5.41) is 0. The number of anilines is 1. The van der Waals surface area contributed by atoms with E-state index >= 15 is 0 Å². The highest BCUT2D eigenvalue weighted by Crippen LogP contribution is 2.24. The summed E-state index contributed by atoms with van der Waals surface area (Å²) in [4.78, 5) is 3.86. The average molecular weight is 250 g/mol. The van der Waals surface area contributed by atoms with Crippen LogP contribution < -0.4 is 10.5 Å². The number of nitrogen functional groups attached to an aromatic ring is 1. The van der Waals surface area contributed by atoms with Crippen molar-refractivity contribution in [3.8, 4) is 5.75 Å². The first-order valence-corrected chi connectivity index (χ1v) is 3.77. The van der Waals surface area contributed by atoms with Gasteiger partial charge < -0.3 is 10.5 Å². The van der Waals surface area contributed by atoms with Crippen LogP contribution in [0.25, 0.3) is 0 Å². The quantitative estimate of drug-likeness (QED) is 0.763. The summed E-state index contributed by atoms with van der Waals surface area (Å²) in [7, 11) is 1.58. The van der Waals surface area contributed by atoms with Crippen molar-refractivity contribution < 1.29 is 4.74 Å². The Labute approximate surface area is 72.7 Å².